The van der Waals surface area contributed by atoms with Gasteiger partial charge < -0.3 is 120 Å². The Balaban J connectivity index is 1.10. The number of nitrogens with zero attached hydrogens (tertiary/aromatic N) is 6. The van der Waals surface area contributed by atoms with E-state index in [0.29, 0.717) is 69.9 Å². The topological polar surface area (TPSA) is 647 Å². The second-order valence-corrected chi connectivity index (χ2v) is 36.2. The third-order valence-corrected chi connectivity index (χ3v) is 25.6. The number of carbonyl (C=O) groups excluding carboxylic acids is 18. The number of amides is 18. The number of aromatic nitrogens is 4. The number of aromatic hydroxyl groups is 1. The molecule has 3 fully saturated rings. The second kappa shape index (κ2) is 51.9. The normalized spacial score (nSPS) is 24.0. The number of rotatable bonds is 28. The Morgan fingerprint density at radius 2 is 1.03 bits per heavy atom. The van der Waals surface area contributed by atoms with Gasteiger partial charge in [-0.1, -0.05) is 102 Å². The van der Waals surface area contributed by atoms with E-state index in [2.05, 4.69) is 83.8 Å². The monoisotopic (exact) mass is 1920 g/mol. The smallest absolute Gasteiger partial charge is 0.246 e. The van der Waals surface area contributed by atoms with Gasteiger partial charge in [0.2, 0.25) is 106 Å². The van der Waals surface area contributed by atoms with Gasteiger partial charge >= 0.3 is 0 Å². The van der Waals surface area contributed by atoms with Crippen LogP contribution < -0.4 is 81.2 Å². The van der Waals surface area contributed by atoms with Crippen LogP contribution in [0.1, 0.15) is 147 Å². The molecule has 0 unspecified atom stereocenters. The van der Waals surface area contributed by atoms with Gasteiger partial charge in [0, 0.05) is 118 Å². The number of aliphatic hydroxyl groups excluding tert-OH is 1. The Kier molecular flexibility index (Phi) is 40.6. The molecule has 45 heteroatoms. The molecule has 3 aliphatic heterocycles. The number of hydrogen-bond acceptors (Lipinski definition) is 24. The van der Waals surface area contributed by atoms with E-state index in [1.807, 2.05) is 13.8 Å². The molecule has 6 heterocycles. The molecule has 3 aliphatic rings. The fourth-order valence-corrected chi connectivity index (χ4v) is 17.8. The molecule has 744 valence electrons. The molecule has 3 saturated heterocycles. The lowest BCUT2D eigenvalue weighted by molar-refractivity contribution is -0.149. The van der Waals surface area contributed by atoms with Crippen molar-refractivity contribution in [2.75, 3.05) is 72.0 Å². The molecule has 23 N–H and O–H groups in total. The molecule has 0 saturated carbocycles. The zero-order chi connectivity index (χ0) is 99.9. The molecule has 3 aromatic heterocycles. The van der Waals surface area contributed by atoms with E-state index in [-0.39, 0.29) is 115 Å². The highest BCUT2D eigenvalue weighted by Crippen LogP contribution is 2.28. The average molecular weight is 1920 g/mol. The van der Waals surface area contributed by atoms with Crippen molar-refractivity contribution in [1.29, 1.82) is 0 Å². The summed E-state index contributed by atoms with van der Waals surface area (Å²) >= 11 is 0.753. The van der Waals surface area contributed by atoms with Gasteiger partial charge in [-0.25, -0.2) is 4.98 Å². The van der Waals surface area contributed by atoms with E-state index in [9.17, 15) is 53.4 Å². The number of hydrazine groups is 1. The lowest BCUT2D eigenvalue weighted by atomic mass is 10.00. The first-order valence-electron chi connectivity index (χ1n) is 46.2. The third-order valence-electron chi connectivity index (χ3n) is 24.6. The van der Waals surface area contributed by atoms with Crippen molar-refractivity contribution in [1.82, 2.24) is 108 Å². The molecule has 14 atom stereocenters. The second-order valence-electron chi connectivity index (χ2n) is 35.2. The fourth-order valence-electron chi connectivity index (χ4n) is 16.9. The van der Waals surface area contributed by atoms with Gasteiger partial charge in [0.25, 0.3) is 0 Å². The highest BCUT2D eigenvalue weighted by molar-refractivity contribution is 8.00. The number of likely N-dealkylation sites (N-methyl/N-ethyl adjacent to an activating group) is 3. The maximum absolute atomic E-state index is 15.8. The number of aliphatic hydroxyl groups is 1. The number of H-pyrrole nitrogens is 3. The Labute approximate surface area is 796 Å². The van der Waals surface area contributed by atoms with Gasteiger partial charge in [-0.2, -0.15) is 0 Å². The van der Waals surface area contributed by atoms with Gasteiger partial charge in [-0.3, -0.25) is 97.6 Å². The number of thioether (sulfide) groups is 1. The zero-order valence-corrected chi connectivity index (χ0v) is 79.2. The summed E-state index contributed by atoms with van der Waals surface area (Å²) in [6.45, 7) is 6.07. The summed E-state index contributed by atoms with van der Waals surface area (Å²) in [5.41, 5.74) is 16.6. The number of nitrogens with two attached hydrogens (primary N) is 3. The van der Waals surface area contributed by atoms with Gasteiger partial charge in [-0.05, 0) is 112 Å². The van der Waals surface area contributed by atoms with Crippen molar-refractivity contribution in [2.24, 2.45) is 23.2 Å². The highest BCUT2D eigenvalue weighted by Gasteiger charge is 2.46. The molecule has 44 nitrogen and oxygen atoms in total. The van der Waals surface area contributed by atoms with Crippen LogP contribution in [0.5, 0.6) is 5.75 Å². The molecule has 6 aromatic rings. The summed E-state index contributed by atoms with van der Waals surface area (Å²) in [6.07, 6.45) is 6.26. The van der Waals surface area contributed by atoms with Crippen molar-refractivity contribution in [3.8, 4) is 5.75 Å². The number of aromatic amines is 3. The molecule has 9 rings (SSSR count). The number of para-hydroxylation sites is 2. The summed E-state index contributed by atoms with van der Waals surface area (Å²) in [7, 11) is 3.93. The number of nitrogens with one attached hydrogen (secondary N) is 15. The molecule has 18 amide bonds. The number of carbonyl (C=O) groups is 18. The van der Waals surface area contributed by atoms with E-state index < -0.39 is 229 Å². The van der Waals surface area contributed by atoms with Crippen LogP contribution >= 0.6 is 11.8 Å². The zero-order valence-electron chi connectivity index (χ0n) is 78.3. The minimum absolute atomic E-state index is 0.00100. The number of benzene rings is 3. The van der Waals surface area contributed by atoms with Crippen molar-refractivity contribution in [3.05, 3.63) is 120 Å². The number of phenolic OH excluding ortho intramolecular Hbond substituents is 1. The van der Waals surface area contributed by atoms with Gasteiger partial charge in [0.15, 0.2) is 0 Å². The van der Waals surface area contributed by atoms with E-state index in [4.69, 9.17) is 17.3 Å². The number of hydrogen-bond donors (Lipinski definition) is 20. The molecule has 0 aliphatic carbocycles. The third kappa shape index (κ3) is 30.2. The predicted octanol–water partition coefficient (Wildman–Crippen LogP) is -2.80. The van der Waals surface area contributed by atoms with Crippen LogP contribution in [0.15, 0.2) is 97.7 Å². The first-order valence-corrected chi connectivity index (χ1v) is 47.3. The molecule has 0 radical (unpaired) electrons. The van der Waals surface area contributed by atoms with Gasteiger partial charge in [0.1, 0.15) is 90.3 Å². The lowest BCUT2D eigenvalue weighted by Crippen LogP contribution is -2.62. The standard InChI is InChI=1S/C92H130N24O20S/c1-9-11-25-71-85(129)104-62(24-17-33-102-95)81(125)111-70(80(124)100-46-77(121)99-45-76(94)120)48-137-49-78(122)103-66(37-53-29-31-57(118)32-30-53)88(132)112(6)52(5)79(123)107-68(41-75(93)119)91(135)116-35-19-28-73(116)87(131)106-64(40-56-44-96-50-101-56)83(127)108-65(36-51(3)4)90(134)115-34-18-27-72(115)86(130)105-63(38-54-42-97-60-22-15-13-20-58(54)60)82(126)110-69(47-117)84(128)109-67(39-55-43-98-61-23-16-14-21-59(55)61)89(133)114(8)74(26-12-10-2)92(136)113(71)7/h13-16,20-23,29-32,42-44,50-52,62-74,97-98,102,117-118H,9-12,17-19,24-28,33-41,45-49,95H2,1-8H3,(H2,93,119)(H2,94,120)(H,96,101)(H,99,121)(H,100,124)(H,103,122)(H,104,129)(H,105,130)(H,106,131)(H,107,123)(H,108,127)(H,109,128)(H,110,126)(H,111,125)/t52-,62-,63-,64-,65-,66-,67-,68-,69-,70-,71-,72-,73-,74-/m0/s1. The highest BCUT2D eigenvalue weighted by atomic mass is 32.2. The lowest BCUT2D eigenvalue weighted by Gasteiger charge is -2.36. The Morgan fingerprint density at radius 3 is 1.59 bits per heavy atom. The van der Waals surface area contributed by atoms with Crippen molar-refractivity contribution >= 4 is 140 Å². The van der Waals surface area contributed by atoms with Gasteiger partial charge in [0.05, 0.1) is 38.2 Å². The summed E-state index contributed by atoms with van der Waals surface area (Å²) in [6, 6.07) is -1.46. The average Bonchev–Trinajstić information content (AvgIpc) is 1.05. The quantitative estimate of drug-likeness (QED) is 0.0134. The van der Waals surface area contributed by atoms with Crippen LogP contribution in [-0.2, 0) is 112 Å². The molecule has 3 aromatic carbocycles. The maximum Gasteiger partial charge on any atom is 0.246 e. The fraction of sp³-hybridized carbons (Fsp3) is 0.533. The van der Waals surface area contributed by atoms with Crippen LogP contribution in [0.4, 0.5) is 0 Å². The van der Waals surface area contributed by atoms with Gasteiger partial charge in [-0.15, -0.1) is 11.8 Å². The van der Waals surface area contributed by atoms with Crippen molar-refractivity contribution in [3.63, 3.8) is 0 Å². The molecule has 0 bridgehead atoms. The minimum atomic E-state index is -1.85. The number of phenols is 1. The predicted molar refractivity (Wildman–Crippen MR) is 504 cm³/mol. The number of primary amides is 2. The number of fused-ring (bicyclic) bond motifs is 4. The molecular formula is C92H130N24O20S. The van der Waals surface area contributed by atoms with Crippen LogP contribution in [0, 0.1) is 5.92 Å². The molecule has 0 spiro atoms. The number of imidazole rings is 1. The van der Waals surface area contributed by atoms with Crippen LogP contribution in [0.25, 0.3) is 21.8 Å². The SMILES string of the molecule is CCCC[C@H]1C(=O)N(C)[C@@H](CCCC)C(=O)N[C@@H](CCCNN)C(=O)N[C@H](C(=O)NCC(=O)NCC(N)=O)CSCC(=O)N[C@@H](Cc2ccc(O)cc2)C(=O)N(C)[C@@H](C)C(=O)N[C@@H](CC(N)=O)C(=O)N2CCC[C@H]2C(=O)N[C@@H](Cc2cnc[nH]2)C(=O)N[C@@H](CC(C)C)C(=O)N2CCC[C@H]2C(=O)N[C@@H](Cc2c[nH]c3ccccc23)C(=O)N[C@@H](CO)C(=O)N[C@@H](Cc2c[nH]c3ccccc23)C(=O)N1C. The Bertz CT molecular complexity index is 5250. The van der Waals surface area contributed by atoms with Crippen molar-refractivity contribution < 1.29 is 96.5 Å². The van der Waals surface area contributed by atoms with Crippen LogP contribution in [-0.4, -0.2) is 318 Å². The van der Waals surface area contributed by atoms with E-state index >= 15 is 43.2 Å². The Hall–Kier alpha value is -13.6. The Morgan fingerprint density at radius 1 is 0.518 bits per heavy atom. The van der Waals surface area contributed by atoms with Crippen LogP contribution in [0.2, 0.25) is 0 Å². The van der Waals surface area contributed by atoms with E-state index in [1.165, 1.54) is 69.8 Å². The largest absolute Gasteiger partial charge is 0.508 e. The van der Waals surface area contributed by atoms with Crippen molar-refractivity contribution in [2.45, 2.75) is 235 Å². The van der Waals surface area contributed by atoms with Crippen LogP contribution in [0.3, 0.4) is 0 Å². The maximum atomic E-state index is 15.8. The van der Waals surface area contributed by atoms with E-state index in [1.54, 1.807) is 74.8 Å². The van der Waals surface area contributed by atoms with E-state index in [0.717, 1.165) is 31.4 Å². The summed E-state index contributed by atoms with van der Waals surface area (Å²) in [5, 5.41) is 51.8. The first-order chi connectivity index (χ1) is 65.4. The number of unbranched alkanes of at least 4 members (excludes halogenated alkanes) is 2. The summed E-state index contributed by atoms with van der Waals surface area (Å²) in [5.74, 6) is -12.1. The first kappa shape index (κ1) is 107. The minimum Gasteiger partial charge on any atom is -0.508 e. The summed E-state index contributed by atoms with van der Waals surface area (Å²) in [4.78, 5) is 282. The molecule has 137 heavy (non-hydrogen) atoms. The summed E-state index contributed by atoms with van der Waals surface area (Å²) < 4.78 is 0. The molecular weight excluding hydrogens is 1790 g/mol.